The number of hydrogen-bond acceptors (Lipinski definition) is 5. The first-order chi connectivity index (χ1) is 10.2. The van der Waals surface area contributed by atoms with Gasteiger partial charge in [0, 0.05) is 23.5 Å². The number of allylic oxidation sites excluding steroid dienone is 1. The number of hydrogen-bond donors (Lipinski definition) is 1. The zero-order valence-corrected chi connectivity index (χ0v) is 11.8. The summed E-state index contributed by atoms with van der Waals surface area (Å²) in [5.74, 6) is 1.05. The first-order valence-corrected chi connectivity index (χ1v) is 6.24. The van der Waals surface area contributed by atoms with Gasteiger partial charge >= 0.3 is 0 Å². The number of benzene rings is 1. The summed E-state index contributed by atoms with van der Waals surface area (Å²) in [5.41, 5.74) is 8.10. The van der Waals surface area contributed by atoms with Crippen LogP contribution in [0.1, 0.15) is 11.1 Å². The van der Waals surface area contributed by atoms with Crippen molar-refractivity contribution in [1.82, 2.24) is 4.98 Å². The molecule has 2 rings (SSSR count). The van der Waals surface area contributed by atoms with E-state index in [0.29, 0.717) is 33.9 Å². The zero-order valence-electron chi connectivity index (χ0n) is 11.8. The molecule has 0 saturated carbocycles. The fourth-order valence-corrected chi connectivity index (χ4v) is 2.02. The molecule has 0 fully saturated rings. The van der Waals surface area contributed by atoms with Gasteiger partial charge in [-0.1, -0.05) is 12.1 Å². The molecule has 21 heavy (non-hydrogen) atoms. The summed E-state index contributed by atoms with van der Waals surface area (Å²) < 4.78 is 10.6. The second-order valence-electron chi connectivity index (χ2n) is 4.18. The fraction of sp³-hybridized carbons (Fsp3) is 0.125. The summed E-state index contributed by atoms with van der Waals surface area (Å²) in [6.07, 6.45) is 3.23. The van der Waals surface area contributed by atoms with Gasteiger partial charge in [0.05, 0.1) is 25.5 Å². The summed E-state index contributed by atoms with van der Waals surface area (Å²) in [6, 6.07) is 11.0. The van der Waals surface area contributed by atoms with E-state index in [4.69, 9.17) is 15.2 Å². The van der Waals surface area contributed by atoms with E-state index in [-0.39, 0.29) is 0 Å². The number of rotatable bonds is 4. The molecule has 0 aliphatic carbocycles. The molecule has 2 aromatic rings. The van der Waals surface area contributed by atoms with Gasteiger partial charge in [-0.25, -0.2) is 0 Å². The van der Waals surface area contributed by atoms with Crippen LogP contribution in [0.15, 0.2) is 42.7 Å². The molecule has 0 aliphatic rings. The molecule has 0 saturated heterocycles. The molecule has 106 valence electrons. The topological polar surface area (TPSA) is 81.2 Å². The summed E-state index contributed by atoms with van der Waals surface area (Å²) in [6.45, 7) is 0. The average molecular weight is 281 g/mol. The zero-order chi connectivity index (χ0) is 15.2. The largest absolute Gasteiger partial charge is 0.493 e. The number of aromatic nitrogens is 1. The molecule has 0 spiro atoms. The van der Waals surface area contributed by atoms with E-state index < -0.39 is 0 Å². The van der Waals surface area contributed by atoms with Crippen LogP contribution in [-0.2, 0) is 0 Å². The van der Waals surface area contributed by atoms with E-state index in [1.807, 2.05) is 0 Å². The third-order valence-corrected chi connectivity index (χ3v) is 3.02. The summed E-state index contributed by atoms with van der Waals surface area (Å²) in [4.78, 5) is 4.01. The van der Waals surface area contributed by atoms with Crippen LogP contribution in [0, 0.1) is 11.3 Å². The van der Waals surface area contributed by atoms with Crippen molar-refractivity contribution in [3.8, 4) is 17.6 Å². The second kappa shape index (κ2) is 6.44. The minimum Gasteiger partial charge on any atom is -0.493 e. The lowest BCUT2D eigenvalue weighted by atomic mass is 10.0. The van der Waals surface area contributed by atoms with Crippen molar-refractivity contribution in [3.63, 3.8) is 0 Å². The maximum Gasteiger partial charge on any atom is 0.170 e. The Morgan fingerprint density at radius 3 is 2.57 bits per heavy atom. The van der Waals surface area contributed by atoms with Gasteiger partial charge in [0.25, 0.3) is 0 Å². The van der Waals surface area contributed by atoms with Crippen LogP contribution >= 0.6 is 0 Å². The van der Waals surface area contributed by atoms with Crippen LogP contribution in [-0.4, -0.2) is 19.2 Å². The Hall–Kier alpha value is -3.00. The van der Waals surface area contributed by atoms with Gasteiger partial charge in [-0.15, -0.1) is 0 Å². The van der Waals surface area contributed by atoms with Crippen molar-refractivity contribution in [1.29, 1.82) is 5.26 Å². The standard InChI is InChI=1S/C16H15N3O2/c1-20-14-7-3-6-12(16(14)21-2)15(18)13(9-17)11-5-4-8-19-10-11/h3-8,10H,18H2,1-2H3/b15-13+. The van der Waals surface area contributed by atoms with Crippen LogP contribution in [0.3, 0.4) is 0 Å². The van der Waals surface area contributed by atoms with E-state index in [0.717, 1.165) is 0 Å². The third kappa shape index (κ3) is 2.79. The number of para-hydroxylation sites is 1. The van der Waals surface area contributed by atoms with Gasteiger partial charge in [0.15, 0.2) is 11.5 Å². The molecule has 1 aromatic heterocycles. The number of nitrogens with zero attached hydrogens (tertiary/aromatic N) is 2. The maximum absolute atomic E-state index is 9.41. The summed E-state index contributed by atoms with van der Waals surface area (Å²) in [7, 11) is 3.08. The molecule has 0 amide bonds. The Balaban J connectivity index is 2.65. The molecule has 5 heteroatoms. The number of nitrogens with two attached hydrogens (primary N) is 1. The molecule has 0 bridgehead atoms. The highest BCUT2D eigenvalue weighted by Gasteiger charge is 2.15. The molecular formula is C16H15N3O2. The van der Waals surface area contributed by atoms with Crippen LogP contribution < -0.4 is 15.2 Å². The SMILES string of the molecule is COc1cccc(/C(N)=C(/C#N)c2cccnc2)c1OC. The Labute approximate surface area is 123 Å². The first kappa shape index (κ1) is 14.4. The molecule has 1 aromatic carbocycles. The van der Waals surface area contributed by atoms with Gasteiger partial charge in [-0.3, -0.25) is 4.98 Å². The number of methoxy groups -OCH3 is 2. The van der Waals surface area contributed by atoms with Crippen LogP contribution in [0.4, 0.5) is 0 Å². The molecule has 0 aliphatic heterocycles. The number of nitriles is 1. The van der Waals surface area contributed by atoms with Gasteiger partial charge in [-0.2, -0.15) is 5.26 Å². The normalized spacial score (nSPS) is 11.3. The van der Waals surface area contributed by atoms with Crippen molar-refractivity contribution >= 4 is 11.3 Å². The Bertz CT molecular complexity index is 703. The highest BCUT2D eigenvalue weighted by atomic mass is 16.5. The maximum atomic E-state index is 9.41. The van der Waals surface area contributed by atoms with Crippen molar-refractivity contribution in [2.24, 2.45) is 5.73 Å². The van der Waals surface area contributed by atoms with E-state index in [9.17, 15) is 5.26 Å². The Kier molecular flexibility index (Phi) is 4.42. The first-order valence-electron chi connectivity index (χ1n) is 6.24. The van der Waals surface area contributed by atoms with Gasteiger partial charge in [-0.05, 0) is 18.2 Å². The van der Waals surface area contributed by atoms with Crippen LogP contribution in [0.5, 0.6) is 11.5 Å². The van der Waals surface area contributed by atoms with Crippen LogP contribution in [0.25, 0.3) is 11.3 Å². The van der Waals surface area contributed by atoms with E-state index in [2.05, 4.69) is 11.1 Å². The molecular weight excluding hydrogens is 266 g/mol. The van der Waals surface area contributed by atoms with E-state index in [1.54, 1.807) is 49.8 Å². The average Bonchev–Trinajstić information content (AvgIpc) is 2.55. The van der Waals surface area contributed by atoms with Gasteiger partial charge in [0.1, 0.15) is 6.07 Å². The van der Waals surface area contributed by atoms with E-state index in [1.165, 1.54) is 7.11 Å². The fourth-order valence-electron chi connectivity index (χ4n) is 2.02. The third-order valence-electron chi connectivity index (χ3n) is 3.02. The van der Waals surface area contributed by atoms with Crippen molar-refractivity contribution in [2.75, 3.05) is 14.2 Å². The lowest BCUT2D eigenvalue weighted by Gasteiger charge is -2.14. The Morgan fingerprint density at radius 1 is 1.19 bits per heavy atom. The van der Waals surface area contributed by atoms with Crippen LogP contribution in [0.2, 0.25) is 0 Å². The smallest absolute Gasteiger partial charge is 0.170 e. The molecule has 2 N–H and O–H groups in total. The molecule has 1 heterocycles. The number of ether oxygens (including phenoxy) is 2. The second-order valence-corrected chi connectivity index (χ2v) is 4.18. The minimum atomic E-state index is 0.321. The lowest BCUT2D eigenvalue weighted by Crippen LogP contribution is -2.04. The predicted octanol–water partition coefficient (Wildman–Crippen LogP) is 2.45. The Morgan fingerprint density at radius 2 is 2.00 bits per heavy atom. The van der Waals surface area contributed by atoms with E-state index >= 15 is 0 Å². The molecule has 0 radical (unpaired) electrons. The van der Waals surface area contributed by atoms with Gasteiger partial charge in [0.2, 0.25) is 0 Å². The minimum absolute atomic E-state index is 0.321. The van der Waals surface area contributed by atoms with Gasteiger partial charge < -0.3 is 15.2 Å². The number of pyridine rings is 1. The highest BCUT2D eigenvalue weighted by molar-refractivity contribution is 5.97. The molecule has 0 atom stereocenters. The van der Waals surface area contributed by atoms with Crippen molar-refractivity contribution in [3.05, 3.63) is 53.9 Å². The highest BCUT2D eigenvalue weighted by Crippen LogP contribution is 2.35. The quantitative estimate of drug-likeness (QED) is 0.870. The lowest BCUT2D eigenvalue weighted by molar-refractivity contribution is 0.354. The van der Waals surface area contributed by atoms with Crippen molar-refractivity contribution < 1.29 is 9.47 Å². The summed E-state index contributed by atoms with van der Waals surface area (Å²) >= 11 is 0. The monoisotopic (exact) mass is 281 g/mol. The summed E-state index contributed by atoms with van der Waals surface area (Å²) in [5, 5.41) is 9.41. The molecule has 0 unspecified atom stereocenters. The van der Waals surface area contributed by atoms with Crippen molar-refractivity contribution in [2.45, 2.75) is 0 Å². The molecule has 5 nitrogen and oxygen atoms in total. The predicted molar refractivity (Wildman–Crippen MR) is 80.4 cm³/mol.